The molecule has 20 heavy (non-hydrogen) atoms. The topological polar surface area (TPSA) is 32.8 Å². The minimum atomic E-state index is -0.00189. The molecule has 116 valence electrons. The van der Waals surface area contributed by atoms with E-state index in [-0.39, 0.29) is 5.97 Å². The second-order valence-corrected chi connectivity index (χ2v) is 6.63. The van der Waals surface area contributed by atoms with Gasteiger partial charge in [0.2, 0.25) is 0 Å². The highest BCUT2D eigenvalue weighted by atomic mass is 16.5. The van der Waals surface area contributed by atoms with Gasteiger partial charge in [-0.05, 0) is 72.1 Å². The molecule has 0 aromatic heterocycles. The van der Waals surface area contributed by atoms with E-state index < -0.39 is 0 Å². The van der Waals surface area contributed by atoms with Gasteiger partial charge >= 0.3 is 5.97 Å². The molecule has 0 aromatic carbocycles. The zero-order chi connectivity index (χ0) is 14.5. The van der Waals surface area contributed by atoms with Crippen LogP contribution in [0.15, 0.2) is 0 Å². The van der Waals surface area contributed by atoms with E-state index in [2.05, 4.69) is 23.9 Å². The fourth-order valence-electron chi connectivity index (χ4n) is 3.94. The van der Waals surface area contributed by atoms with Crippen LogP contribution in [0.5, 0.6) is 0 Å². The van der Waals surface area contributed by atoms with E-state index in [0.717, 1.165) is 12.1 Å². The van der Waals surface area contributed by atoms with E-state index in [0.29, 0.717) is 18.9 Å². The lowest BCUT2D eigenvalue weighted by Gasteiger charge is -2.39. The third-order valence-corrected chi connectivity index (χ3v) is 4.76. The average Bonchev–Trinajstić information content (AvgIpc) is 2.61. The van der Waals surface area contributed by atoms with E-state index in [4.69, 9.17) is 4.74 Å². The van der Waals surface area contributed by atoms with Crippen LogP contribution in [0.2, 0.25) is 0 Å². The molecule has 4 nitrogen and oxygen atoms in total. The SMILES string of the molecule is CCOC(=O)CC1CC2CCC(C1)N2CCCN(C)C. The molecule has 2 aliphatic rings. The highest BCUT2D eigenvalue weighted by molar-refractivity contribution is 5.69. The number of esters is 1. The van der Waals surface area contributed by atoms with Gasteiger partial charge in [0.05, 0.1) is 6.61 Å². The first-order valence-electron chi connectivity index (χ1n) is 8.16. The van der Waals surface area contributed by atoms with Crippen molar-refractivity contribution in [3.63, 3.8) is 0 Å². The van der Waals surface area contributed by atoms with Crippen LogP contribution in [0.4, 0.5) is 0 Å². The number of ether oxygens (including phenoxy) is 1. The van der Waals surface area contributed by atoms with Crippen LogP contribution >= 0.6 is 0 Å². The molecule has 2 atom stereocenters. The van der Waals surface area contributed by atoms with E-state index in [9.17, 15) is 4.79 Å². The summed E-state index contributed by atoms with van der Waals surface area (Å²) in [7, 11) is 4.28. The molecule has 0 N–H and O–H groups in total. The number of carbonyl (C=O) groups excluding carboxylic acids is 1. The van der Waals surface area contributed by atoms with Gasteiger partial charge in [0.25, 0.3) is 0 Å². The van der Waals surface area contributed by atoms with Crippen molar-refractivity contribution in [3.8, 4) is 0 Å². The molecule has 4 heteroatoms. The summed E-state index contributed by atoms with van der Waals surface area (Å²) in [6.07, 6.45) is 6.92. The summed E-state index contributed by atoms with van der Waals surface area (Å²) < 4.78 is 5.10. The lowest BCUT2D eigenvalue weighted by molar-refractivity contribution is -0.144. The quantitative estimate of drug-likeness (QED) is 0.670. The van der Waals surface area contributed by atoms with Crippen molar-refractivity contribution in [3.05, 3.63) is 0 Å². The molecule has 2 aliphatic heterocycles. The van der Waals surface area contributed by atoms with Crippen molar-refractivity contribution in [1.29, 1.82) is 0 Å². The first-order chi connectivity index (χ1) is 9.60. The summed E-state index contributed by atoms with van der Waals surface area (Å²) in [6.45, 7) is 4.78. The molecule has 0 radical (unpaired) electrons. The maximum absolute atomic E-state index is 11.6. The Balaban J connectivity index is 1.77. The van der Waals surface area contributed by atoms with E-state index in [1.165, 1.54) is 45.2 Å². The van der Waals surface area contributed by atoms with Crippen molar-refractivity contribution in [2.75, 3.05) is 33.8 Å². The summed E-state index contributed by atoms with van der Waals surface area (Å²) in [5, 5.41) is 0. The number of piperidine rings is 1. The number of rotatable bonds is 7. The van der Waals surface area contributed by atoms with Crippen LogP contribution in [0.1, 0.15) is 45.4 Å². The molecule has 0 aromatic rings. The first-order valence-corrected chi connectivity index (χ1v) is 8.16. The third kappa shape index (κ3) is 4.19. The molecular formula is C16H30N2O2. The van der Waals surface area contributed by atoms with Crippen molar-refractivity contribution in [2.45, 2.75) is 57.5 Å². The molecule has 2 saturated heterocycles. The Morgan fingerprint density at radius 2 is 1.90 bits per heavy atom. The molecule has 2 bridgehead atoms. The molecule has 0 aliphatic carbocycles. The Morgan fingerprint density at radius 3 is 2.45 bits per heavy atom. The van der Waals surface area contributed by atoms with E-state index >= 15 is 0 Å². The second kappa shape index (κ2) is 7.41. The molecule has 0 saturated carbocycles. The van der Waals surface area contributed by atoms with Gasteiger partial charge in [-0.15, -0.1) is 0 Å². The Labute approximate surface area is 123 Å². The number of nitrogens with zero attached hydrogens (tertiary/aromatic N) is 2. The number of hydrogen-bond acceptors (Lipinski definition) is 4. The summed E-state index contributed by atoms with van der Waals surface area (Å²) in [4.78, 5) is 16.6. The zero-order valence-corrected chi connectivity index (χ0v) is 13.3. The Bertz CT molecular complexity index is 306. The minimum Gasteiger partial charge on any atom is -0.466 e. The number of carbonyl (C=O) groups is 1. The maximum Gasteiger partial charge on any atom is 0.306 e. The van der Waals surface area contributed by atoms with Crippen LogP contribution in [-0.2, 0) is 9.53 Å². The molecule has 0 spiro atoms. The average molecular weight is 282 g/mol. The fourth-order valence-corrected chi connectivity index (χ4v) is 3.94. The lowest BCUT2D eigenvalue weighted by Crippen LogP contribution is -2.44. The fraction of sp³-hybridized carbons (Fsp3) is 0.938. The Morgan fingerprint density at radius 1 is 1.25 bits per heavy atom. The number of fused-ring (bicyclic) bond motifs is 2. The molecule has 2 rings (SSSR count). The van der Waals surface area contributed by atoms with Crippen LogP contribution < -0.4 is 0 Å². The van der Waals surface area contributed by atoms with Gasteiger partial charge in [0.15, 0.2) is 0 Å². The van der Waals surface area contributed by atoms with Crippen LogP contribution in [-0.4, -0.2) is 61.6 Å². The number of hydrogen-bond donors (Lipinski definition) is 0. The van der Waals surface area contributed by atoms with Gasteiger partial charge in [-0.25, -0.2) is 0 Å². The van der Waals surface area contributed by atoms with Crippen molar-refractivity contribution in [1.82, 2.24) is 9.80 Å². The van der Waals surface area contributed by atoms with E-state index in [1.807, 2.05) is 6.92 Å². The predicted molar refractivity (Wildman–Crippen MR) is 80.7 cm³/mol. The van der Waals surface area contributed by atoms with Gasteiger partial charge in [0.1, 0.15) is 0 Å². The van der Waals surface area contributed by atoms with Crippen molar-refractivity contribution >= 4 is 5.97 Å². The summed E-state index contributed by atoms with van der Waals surface area (Å²) in [6, 6.07) is 1.44. The van der Waals surface area contributed by atoms with Gasteiger partial charge in [-0.2, -0.15) is 0 Å². The maximum atomic E-state index is 11.6. The Hall–Kier alpha value is -0.610. The minimum absolute atomic E-state index is 0.00189. The lowest BCUT2D eigenvalue weighted by atomic mass is 9.88. The van der Waals surface area contributed by atoms with Crippen molar-refractivity contribution in [2.24, 2.45) is 5.92 Å². The van der Waals surface area contributed by atoms with Crippen LogP contribution in [0.3, 0.4) is 0 Å². The summed E-state index contributed by atoms with van der Waals surface area (Å²) in [5.74, 6) is 0.551. The van der Waals surface area contributed by atoms with Crippen molar-refractivity contribution < 1.29 is 9.53 Å². The molecular weight excluding hydrogens is 252 g/mol. The largest absolute Gasteiger partial charge is 0.466 e. The second-order valence-electron chi connectivity index (χ2n) is 6.63. The molecule has 2 heterocycles. The van der Waals surface area contributed by atoms with Gasteiger partial charge in [0, 0.05) is 18.5 Å². The zero-order valence-electron chi connectivity index (χ0n) is 13.3. The van der Waals surface area contributed by atoms with Crippen LogP contribution in [0, 0.1) is 5.92 Å². The summed E-state index contributed by atoms with van der Waals surface area (Å²) >= 11 is 0. The highest BCUT2D eigenvalue weighted by Gasteiger charge is 2.40. The highest BCUT2D eigenvalue weighted by Crippen LogP contribution is 2.39. The first kappa shape index (κ1) is 15.8. The standard InChI is InChI=1S/C16H30N2O2/c1-4-20-16(19)12-13-10-14-6-7-15(11-13)18(14)9-5-8-17(2)3/h13-15H,4-12H2,1-3H3. The summed E-state index contributed by atoms with van der Waals surface area (Å²) in [5.41, 5.74) is 0. The molecule has 2 unspecified atom stereocenters. The third-order valence-electron chi connectivity index (χ3n) is 4.76. The molecule has 2 fully saturated rings. The smallest absolute Gasteiger partial charge is 0.306 e. The normalized spacial score (nSPS) is 29.9. The molecule has 0 amide bonds. The van der Waals surface area contributed by atoms with Gasteiger partial charge in [-0.1, -0.05) is 0 Å². The van der Waals surface area contributed by atoms with Gasteiger partial charge in [-0.3, -0.25) is 9.69 Å². The van der Waals surface area contributed by atoms with Crippen LogP contribution in [0.25, 0.3) is 0 Å². The van der Waals surface area contributed by atoms with Gasteiger partial charge < -0.3 is 9.64 Å². The monoisotopic (exact) mass is 282 g/mol. The Kier molecular flexibility index (Phi) is 5.85. The van der Waals surface area contributed by atoms with E-state index in [1.54, 1.807) is 0 Å². The predicted octanol–water partition coefficient (Wildman–Crippen LogP) is 2.13.